The average molecular weight is 360 g/mol. The minimum absolute atomic E-state index is 0.0129. The summed E-state index contributed by atoms with van der Waals surface area (Å²) in [5.41, 5.74) is 0.723. The maximum Gasteiger partial charge on any atom is 0.251 e. The third-order valence-corrected chi connectivity index (χ3v) is 4.19. The average Bonchev–Trinajstić information content (AvgIpc) is 2.55. The van der Waals surface area contributed by atoms with E-state index >= 15 is 0 Å². The van der Waals surface area contributed by atoms with E-state index < -0.39 is 12.1 Å². The topological polar surface area (TPSA) is 92.3 Å². The number of carbonyl (C=O) groups excluding carboxylic acids is 4. The summed E-state index contributed by atoms with van der Waals surface area (Å²) in [4.78, 5) is 47.8. The molecule has 1 rings (SSSR count). The predicted octanol–water partition coefficient (Wildman–Crippen LogP) is 2.37. The van der Waals surface area contributed by atoms with Gasteiger partial charge < -0.3 is 10.6 Å². The van der Waals surface area contributed by atoms with Crippen molar-refractivity contribution in [1.29, 1.82) is 0 Å². The van der Waals surface area contributed by atoms with Crippen LogP contribution in [0, 0.1) is 11.8 Å². The Labute approximate surface area is 154 Å². The van der Waals surface area contributed by atoms with Crippen LogP contribution in [0.1, 0.15) is 62.3 Å². The predicted molar refractivity (Wildman–Crippen MR) is 100.0 cm³/mol. The maximum atomic E-state index is 12.3. The van der Waals surface area contributed by atoms with Gasteiger partial charge in [-0.2, -0.15) is 0 Å². The molecule has 0 aromatic heterocycles. The number of nitrogens with one attached hydrogen (secondary N) is 2. The minimum Gasteiger partial charge on any atom is -0.342 e. The first-order valence-electron chi connectivity index (χ1n) is 8.77. The van der Waals surface area contributed by atoms with Crippen molar-refractivity contribution >= 4 is 23.4 Å². The van der Waals surface area contributed by atoms with E-state index in [0.29, 0.717) is 11.1 Å². The molecule has 0 spiro atoms. The Bertz CT molecular complexity index is 619. The van der Waals surface area contributed by atoms with Gasteiger partial charge in [-0.05, 0) is 49.9 Å². The summed E-state index contributed by atoms with van der Waals surface area (Å²) in [6.07, 6.45) is 0. The number of hydrogen-bond acceptors (Lipinski definition) is 4. The van der Waals surface area contributed by atoms with E-state index in [0.717, 1.165) is 0 Å². The Morgan fingerprint density at radius 3 is 1.12 bits per heavy atom. The molecule has 6 nitrogen and oxygen atoms in total. The van der Waals surface area contributed by atoms with Crippen LogP contribution in [0.2, 0.25) is 0 Å². The molecule has 2 N–H and O–H groups in total. The zero-order chi connectivity index (χ0) is 20.0. The molecule has 0 radical (unpaired) electrons. The third-order valence-electron chi connectivity index (χ3n) is 4.19. The number of benzene rings is 1. The molecule has 2 atom stereocenters. The first-order valence-corrected chi connectivity index (χ1v) is 8.77. The Morgan fingerprint density at radius 1 is 0.654 bits per heavy atom. The van der Waals surface area contributed by atoms with Crippen molar-refractivity contribution in [2.75, 3.05) is 0 Å². The second-order valence-electron chi connectivity index (χ2n) is 7.19. The maximum absolute atomic E-state index is 12.3. The fourth-order valence-corrected chi connectivity index (χ4v) is 2.70. The fourth-order valence-electron chi connectivity index (χ4n) is 2.70. The standard InChI is InChI=1S/C20H28N2O4/c1-11(2)17(13(5)23)21-19(25)15-7-9-16(10-8-15)20(26)22-18(12(3)4)14(6)24/h7-12,17-18H,1-6H3,(H,21,25)(H,22,26)/t17-,18-/m0/s1. The summed E-state index contributed by atoms with van der Waals surface area (Å²) in [7, 11) is 0. The van der Waals surface area contributed by atoms with Gasteiger partial charge in [-0.3, -0.25) is 19.2 Å². The van der Waals surface area contributed by atoms with E-state index in [2.05, 4.69) is 10.6 Å². The highest BCUT2D eigenvalue weighted by Crippen LogP contribution is 2.10. The molecule has 26 heavy (non-hydrogen) atoms. The van der Waals surface area contributed by atoms with E-state index in [1.54, 1.807) is 0 Å². The van der Waals surface area contributed by atoms with E-state index in [9.17, 15) is 19.2 Å². The van der Waals surface area contributed by atoms with Gasteiger partial charge in [0.25, 0.3) is 11.8 Å². The molecule has 0 aliphatic carbocycles. The SMILES string of the molecule is CC(=O)[C@@H](NC(=O)c1ccc(C(=O)N[C@H](C(C)=O)C(C)C)cc1)C(C)C. The molecule has 6 heteroatoms. The molecule has 0 bridgehead atoms. The number of carbonyl (C=O) groups is 4. The van der Waals surface area contributed by atoms with Gasteiger partial charge in [0.05, 0.1) is 12.1 Å². The van der Waals surface area contributed by atoms with Gasteiger partial charge in [-0.25, -0.2) is 0 Å². The summed E-state index contributed by atoms with van der Waals surface area (Å²) in [6.45, 7) is 10.3. The number of ketones is 2. The van der Waals surface area contributed by atoms with Crippen LogP contribution in [0.4, 0.5) is 0 Å². The number of amides is 2. The molecule has 1 aromatic rings. The normalized spacial score (nSPS) is 13.2. The van der Waals surface area contributed by atoms with Crippen molar-refractivity contribution < 1.29 is 19.2 Å². The highest BCUT2D eigenvalue weighted by atomic mass is 16.2. The van der Waals surface area contributed by atoms with Crippen molar-refractivity contribution in [2.24, 2.45) is 11.8 Å². The van der Waals surface area contributed by atoms with E-state index in [1.165, 1.54) is 38.1 Å². The quantitative estimate of drug-likeness (QED) is 0.744. The lowest BCUT2D eigenvalue weighted by Gasteiger charge is -2.20. The molecule has 0 aliphatic rings. The van der Waals surface area contributed by atoms with Crippen molar-refractivity contribution in [1.82, 2.24) is 10.6 Å². The molecule has 0 unspecified atom stereocenters. The second-order valence-corrected chi connectivity index (χ2v) is 7.19. The molecule has 2 amide bonds. The lowest BCUT2D eigenvalue weighted by atomic mass is 9.99. The van der Waals surface area contributed by atoms with Crippen LogP contribution >= 0.6 is 0 Å². The largest absolute Gasteiger partial charge is 0.342 e. The molecular weight excluding hydrogens is 332 g/mol. The van der Waals surface area contributed by atoms with Crippen molar-refractivity contribution in [2.45, 2.75) is 53.6 Å². The summed E-state index contributed by atoms with van der Waals surface area (Å²) in [5.74, 6) is -0.965. The van der Waals surface area contributed by atoms with Gasteiger partial charge in [0.2, 0.25) is 0 Å². The van der Waals surface area contributed by atoms with Crippen molar-refractivity contribution in [3.05, 3.63) is 35.4 Å². The van der Waals surface area contributed by atoms with Crippen LogP contribution in [0.25, 0.3) is 0 Å². The highest BCUT2D eigenvalue weighted by Gasteiger charge is 2.23. The molecule has 142 valence electrons. The Balaban J connectivity index is 2.84. The Kier molecular flexibility index (Phi) is 7.68. The molecular formula is C20H28N2O4. The molecule has 0 heterocycles. The van der Waals surface area contributed by atoms with E-state index in [1.807, 2.05) is 27.7 Å². The molecule has 0 saturated heterocycles. The summed E-state index contributed by atoms with van der Waals surface area (Å²) >= 11 is 0. The zero-order valence-electron chi connectivity index (χ0n) is 16.3. The smallest absolute Gasteiger partial charge is 0.251 e. The van der Waals surface area contributed by atoms with E-state index in [-0.39, 0.29) is 35.2 Å². The third kappa shape index (κ3) is 5.79. The van der Waals surface area contributed by atoms with Gasteiger partial charge in [-0.1, -0.05) is 27.7 Å². The van der Waals surface area contributed by atoms with Gasteiger partial charge in [0.15, 0.2) is 11.6 Å². The number of hydrogen-bond donors (Lipinski definition) is 2. The molecule has 0 aliphatic heterocycles. The van der Waals surface area contributed by atoms with Gasteiger partial charge in [0, 0.05) is 11.1 Å². The van der Waals surface area contributed by atoms with Crippen LogP contribution in [-0.2, 0) is 9.59 Å². The first kappa shape index (κ1) is 21.5. The zero-order valence-corrected chi connectivity index (χ0v) is 16.3. The highest BCUT2D eigenvalue weighted by molar-refractivity contribution is 6.00. The molecule has 1 aromatic carbocycles. The Hall–Kier alpha value is -2.50. The van der Waals surface area contributed by atoms with Gasteiger partial charge in [-0.15, -0.1) is 0 Å². The van der Waals surface area contributed by atoms with Crippen LogP contribution < -0.4 is 10.6 Å². The summed E-state index contributed by atoms with van der Waals surface area (Å²) in [6, 6.07) is 5.01. The van der Waals surface area contributed by atoms with Crippen LogP contribution in [0.3, 0.4) is 0 Å². The van der Waals surface area contributed by atoms with Gasteiger partial charge in [0.1, 0.15) is 0 Å². The van der Waals surface area contributed by atoms with Crippen molar-refractivity contribution in [3.8, 4) is 0 Å². The first-order chi connectivity index (χ1) is 12.0. The second kappa shape index (κ2) is 9.27. The monoisotopic (exact) mass is 360 g/mol. The number of Topliss-reactive ketones (excluding diaryl/α,β-unsaturated/α-hetero) is 2. The van der Waals surface area contributed by atoms with Gasteiger partial charge >= 0.3 is 0 Å². The molecule has 0 saturated carbocycles. The lowest BCUT2D eigenvalue weighted by Crippen LogP contribution is -2.43. The Morgan fingerprint density at radius 2 is 0.923 bits per heavy atom. The minimum atomic E-state index is -0.548. The lowest BCUT2D eigenvalue weighted by molar-refractivity contribution is -0.120. The molecule has 0 fully saturated rings. The van der Waals surface area contributed by atoms with Crippen LogP contribution in [0.5, 0.6) is 0 Å². The summed E-state index contributed by atoms with van der Waals surface area (Å²) < 4.78 is 0. The fraction of sp³-hybridized carbons (Fsp3) is 0.500. The van der Waals surface area contributed by atoms with Crippen molar-refractivity contribution in [3.63, 3.8) is 0 Å². The summed E-state index contributed by atoms with van der Waals surface area (Å²) in [5, 5.41) is 5.42. The van der Waals surface area contributed by atoms with Crippen LogP contribution in [-0.4, -0.2) is 35.5 Å². The van der Waals surface area contributed by atoms with Crippen LogP contribution in [0.15, 0.2) is 24.3 Å². The number of rotatable bonds is 8. The van der Waals surface area contributed by atoms with E-state index in [4.69, 9.17) is 0 Å².